The Labute approximate surface area is 128 Å². The Balaban J connectivity index is 1.55. The number of nitrogens with zero attached hydrogens (tertiary/aromatic N) is 1. The second-order valence-corrected chi connectivity index (χ2v) is 5.24. The van der Waals surface area contributed by atoms with Crippen LogP contribution in [0.15, 0.2) is 48.7 Å². The molecule has 1 aromatic carbocycles. The number of benzene rings is 1. The highest BCUT2D eigenvalue weighted by Crippen LogP contribution is 2.30. The molecule has 2 aromatic rings. The number of aromatic nitrogens is 1. The van der Waals surface area contributed by atoms with E-state index in [1.165, 1.54) is 0 Å². The summed E-state index contributed by atoms with van der Waals surface area (Å²) in [4.78, 5) is 27.7. The third-order valence-corrected chi connectivity index (χ3v) is 3.41. The Kier molecular flexibility index (Phi) is 4.14. The minimum Gasteiger partial charge on any atom is -0.456 e. The Bertz CT molecular complexity index is 664. The molecule has 1 fully saturated rings. The second-order valence-electron chi connectivity index (χ2n) is 5.24. The van der Waals surface area contributed by atoms with Crippen LogP contribution in [-0.2, 0) is 16.1 Å². The van der Waals surface area contributed by atoms with E-state index in [1.54, 1.807) is 42.6 Å². The fourth-order valence-electron chi connectivity index (χ4n) is 1.99. The van der Waals surface area contributed by atoms with Gasteiger partial charge in [-0.1, -0.05) is 6.07 Å². The Hall–Kier alpha value is -2.69. The maximum absolute atomic E-state index is 11.9. The molecular formula is C17H16N2O3. The highest BCUT2D eigenvalue weighted by molar-refractivity contribution is 5.95. The van der Waals surface area contributed by atoms with E-state index in [0.717, 1.165) is 12.8 Å². The van der Waals surface area contributed by atoms with E-state index in [1.807, 2.05) is 6.07 Å². The maximum atomic E-state index is 11.9. The van der Waals surface area contributed by atoms with Gasteiger partial charge >= 0.3 is 5.97 Å². The van der Waals surface area contributed by atoms with Crippen LogP contribution in [0.5, 0.6) is 0 Å². The van der Waals surface area contributed by atoms with E-state index in [2.05, 4.69) is 10.3 Å². The number of ether oxygens (including phenoxy) is 1. The number of carbonyl (C=O) groups is 2. The van der Waals surface area contributed by atoms with E-state index in [4.69, 9.17) is 4.74 Å². The van der Waals surface area contributed by atoms with Crippen LogP contribution in [0.25, 0.3) is 0 Å². The van der Waals surface area contributed by atoms with Gasteiger partial charge in [0.25, 0.3) is 0 Å². The number of hydrogen-bond acceptors (Lipinski definition) is 4. The normalized spacial score (nSPS) is 13.5. The zero-order chi connectivity index (χ0) is 15.4. The lowest BCUT2D eigenvalue weighted by Crippen LogP contribution is -2.13. The van der Waals surface area contributed by atoms with Crippen molar-refractivity contribution in [2.75, 3.05) is 5.32 Å². The van der Waals surface area contributed by atoms with Crippen molar-refractivity contribution in [1.82, 2.24) is 4.98 Å². The van der Waals surface area contributed by atoms with Crippen molar-refractivity contribution in [2.45, 2.75) is 19.4 Å². The highest BCUT2D eigenvalue weighted by Gasteiger charge is 2.29. The minimum absolute atomic E-state index is 0.0467. The van der Waals surface area contributed by atoms with Crippen LogP contribution in [0, 0.1) is 5.92 Å². The van der Waals surface area contributed by atoms with Crippen LogP contribution < -0.4 is 5.32 Å². The summed E-state index contributed by atoms with van der Waals surface area (Å²) >= 11 is 0. The van der Waals surface area contributed by atoms with Gasteiger partial charge in [-0.05, 0) is 49.2 Å². The van der Waals surface area contributed by atoms with E-state index < -0.39 is 5.97 Å². The number of esters is 1. The fourth-order valence-corrected chi connectivity index (χ4v) is 1.99. The number of pyridine rings is 1. The lowest BCUT2D eigenvalue weighted by Gasteiger charge is -2.06. The zero-order valence-corrected chi connectivity index (χ0v) is 12.0. The molecule has 1 heterocycles. The molecule has 0 atom stereocenters. The molecule has 1 aliphatic rings. The maximum Gasteiger partial charge on any atom is 0.338 e. The van der Waals surface area contributed by atoms with Crippen molar-refractivity contribution in [3.8, 4) is 0 Å². The van der Waals surface area contributed by atoms with Crippen molar-refractivity contribution < 1.29 is 14.3 Å². The lowest BCUT2D eigenvalue weighted by atomic mass is 10.2. The number of amides is 1. The molecule has 0 aliphatic heterocycles. The van der Waals surface area contributed by atoms with Crippen molar-refractivity contribution in [2.24, 2.45) is 5.92 Å². The van der Waals surface area contributed by atoms with Crippen LogP contribution >= 0.6 is 0 Å². The molecule has 1 saturated carbocycles. The third kappa shape index (κ3) is 3.69. The summed E-state index contributed by atoms with van der Waals surface area (Å²) in [5.74, 6) is -0.209. The molecule has 22 heavy (non-hydrogen) atoms. The fraction of sp³-hybridized carbons (Fsp3) is 0.235. The SMILES string of the molecule is O=C(OCc1ccccn1)c1ccc(NC(=O)C2CC2)cc1. The van der Waals surface area contributed by atoms with Crippen molar-refractivity contribution in [3.05, 3.63) is 59.9 Å². The molecule has 112 valence electrons. The summed E-state index contributed by atoms with van der Waals surface area (Å²) in [6.45, 7) is 0.139. The van der Waals surface area contributed by atoms with E-state index in [9.17, 15) is 9.59 Å². The van der Waals surface area contributed by atoms with Gasteiger partial charge in [-0.2, -0.15) is 0 Å². The first-order valence-electron chi connectivity index (χ1n) is 7.20. The van der Waals surface area contributed by atoms with Crippen LogP contribution in [-0.4, -0.2) is 16.9 Å². The predicted octanol–water partition coefficient (Wildman–Crippen LogP) is 2.79. The van der Waals surface area contributed by atoms with Gasteiger partial charge in [0.1, 0.15) is 6.61 Å². The molecule has 1 aromatic heterocycles. The van der Waals surface area contributed by atoms with Gasteiger partial charge < -0.3 is 10.1 Å². The number of nitrogens with one attached hydrogen (secondary N) is 1. The second kappa shape index (κ2) is 6.39. The molecule has 0 spiro atoms. The van der Waals surface area contributed by atoms with Gasteiger partial charge in [-0.15, -0.1) is 0 Å². The molecule has 0 unspecified atom stereocenters. The van der Waals surface area contributed by atoms with E-state index >= 15 is 0 Å². The van der Waals surface area contributed by atoms with Crippen LogP contribution in [0.2, 0.25) is 0 Å². The average Bonchev–Trinajstić information content (AvgIpc) is 3.39. The Morgan fingerprint density at radius 1 is 1.14 bits per heavy atom. The molecule has 1 N–H and O–H groups in total. The van der Waals surface area contributed by atoms with Gasteiger partial charge in [-0.25, -0.2) is 4.79 Å². The molecule has 1 aliphatic carbocycles. The largest absolute Gasteiger partial charge is 0.456 e. The van der Waals surface area contributed by atoms with E-state index in [0.29, 0.717) is 16.9 Å². The monoisotopic (exact) mass is 296 g/mol. The van der Waals surface area contributed by atoms with Gasteiger partial charge in [0, 0.05) is 17.8 Å². The van der Waals surface area contributed by atoms with Crippen LogP contribution in [0.1, 0.15) is 28.9 Å². The standard InChI is InChI=1S/C17H16N2O3/c20-16(12-4-5-12)19-14-8-6-13(7-9-14)17(21)22-11-15-3-1-2-10-18-15/h1-3,6-10,12H,4-5,11H2,(H,19,20). The molecule has 0 radical (unpaired) electrons. The molecule has 1 amide bonds. The van der Waals surface area contributed by atoms with Gasteiger partial charge in [0.2, 0.25) is 5.91 Å². The van der Waals surface area contributed by atoms with Gasteiger partial charge in [-0.3, -0.25) is 9.78 Å². The van der Waals surface area contributed by atoms with Crippen LogP contribution in [0.4, 0.5) is 5.69 Å². The number of anilines is 1. The quantitative estimate of drug-likeness (QED) is 0.861. The highest BCUT2D eigenvalue weighted by atomic mass is 16.5. The summed E-state index contributed by atoms with van der Waals surface area (Å²) in [5.41, 5.74) is 1.84. The van der Waals surface area contributed by atoms with Crippen molar-refractivity contribution >= 4 is 17.6 Å². The number of carbonyl (C=O) groups excluding carboxylic acids is 2. The summed E-state index contributed by atoms with van der Waals surface area (Å²) in [6.07, 6.45) is 3.58. The third-order valence-electron chi connectivity index (χ3n) is 3.41. The minimum atomic E-state index is -0.411. The summed E-state index contributed by atoms with van der Waals surface area (Å²) in [7, 11) is 0. The Morgan fingerprint density at radius 3 is 2.55 bits per heavy atom. The summed E-state index contributed by atoms with van der Waals surface area (Å²) in [6, 6.07) is 12.1. The zero-order valence-electron chi connectivity index (χ0n) is 12.0. The predicted molar refractivity (Wildman–Crippen MR) is 81.2 cm³/mol. The average molecular weight is 296 g/mol. The van der Waals surface area contributed by atoms with Gasteiger partial charge in [0.05, 0.1) is 11.3 Å². The molecule has 5 heteroatoms. The topological polar surface area (TPSA) is 68.3 Å². The molecule has 5 nitrogen and oxygen atoms in total. The summed E-state index contributed by atoms with van der Waals surface area (Å²) in [5, 5.41) is 2.83. The van der Waals surface area contributed by atoms with Crippen LogP contribution in [0.3, 0.4) is 0 Å². The molecule has 3 rings (SSSR count). The molecule has 0 saturated heterocycles. The first-order chi connectivity index (χ1) is 10.7. The first kappa shape index (κ1) is 14.3. The van der Waals surface area contributed by atoms with Crippen molar-refractivity contribution in [3.63, 3.8) is 0 Å². The summed E-state index contributed by atoms with van der Waals surface area (Å²) < 4.78 is 5.19. The Morgan fingerprint density at radius 2 is 1.91 bits per heavy atom. The van der Waals surface area contributed by atoms with Gasteiger partial charge in [0.15, 0.2) is 0 Å². The molecule has 0 bridgehead atoms. The van der Waals surface area contributed by atoms with E-state index in [-0.39, 0.29) is 18.4 Å². The smallest absolute Gasteiger partial charge is 0.338 e. The van der Waals surface area contributed by atoms with Crippen molar-refractivity contribution in [1.29, 1.82) is 0 Å². The number of hydrogen-bond donors (Lipinski definition) is 1. The number of rotatable bonds is 5. The lowest BCUT2D eigenvalue weighted by molar-refractivity contribution is -0.117. The molecular weight excluding hydrogens is 280 g/mol. The first-order valence-corrected chi connectivity index (χ1v) is 7.20.